The van der Waals surface area contributed by atoms with Gasteiger partial charge in [0.25, 0.3) is 0 Å². The molecule has 144 valence electrons. The summed E-state index contributed by atoms with van der Waals surface area (Å²) in [7, 11) is 0. The van der Waals surface area contributed by atoms with E-state index in [1.165, 1.54) is 0 Å². The maximum absolute atomic E-state index is 12.1. The quantitative estimate of drug-likeness (QED) is 0.588. The molecule has 0 bridgehead atoms. The molecule has 1 aromatic rings. The maximum Gasteiger partial charge on any atom is 0.223 e. The summed E-state index contributed by atoms with van der Waals surface area (Å²) in [6, 6.07) is 7.83. The summed E-state index contributed by atoms with van der Waals surface area (Å²) >= 11 is 0. The number of hydrogen-bond donors (Lipinski definition) is 3. The van der Waals surface area contributed by atoms with Gasteiger partial charge in [0, 0.05) is 24.9 Å². The summed E-state index contributed by atoms with van der Waals surface area (Å²) < 4.78 is 5.42. The third kappa shape index (κ3) is 6.33. The molecule has 0 saturated heterocycles. The third-order valence-electron chi connectivity index (χ3n) is 4.79. The molecule has 0 heterocycles. The van der Waals surface area contributed by atoms with Crippen molar-refractivity contribution in [2.75, 3.05) is 13.2 Å². The molecule has 1 aliphatic rings. The molecule has 0 spiro atoms. The van der Waals surface area contributed by atoms with Crippen molar-refractivity contribution in [3.8, 4) is 5.75 Å². The number of carbonyl (C=O) groups excluding carboxylic acids is 2. The van der Waals surface area contributed by atoms with E-state index in [0.717, 1.165) is 30.6 Å². The minimum Gasteiger partial charge on any atom is -0.494 e. The molecule has 0 aromatic heterocycles. The summed E-state index contributed by atoms with van der Waals surface area (Å²) in [6.45, 7) is 5.06. The Morgan fingerprint density at radius 3 is 2.62 bits per heavy atom. The number of nitrogens with two attached hydrogens (primary N) is 1. The highest BCUT2D eigenvalue weighted by atomic mass is 16.5. The summed E-state index contributed by atoms with van der Waals surface area (Å²) in [4.78, 5) is 24.1. The van der Waals surface area contributed by atoms with Gasteiger partial charge in [-0.15, -0.1) is 0 Å². The van der Waals surface area contributed by atoms with E-state index in [1.807, 2.05) is 38.1 Å². The normalized spacial score (nSPS) is 20.4. The lowest BCUT2D eigenvalue weighted by Gasteiger charge is -2.15. The van der Waals surface area contributed by atoms with Crippen LogP contribution < -0.4 is 21.1 Å². The first-order chi connectivity index (χ1) is 12.5. The number of rotatable bonds is 9. The van der Waals surface area contributed by atoms with Crippen molar-refractivity contribution in [1.82, 2.24) is 10.6 Å². The summed E-state index contributed by atoms with van der Waals surface area (Å²) in [5.41, 5.74) is 6.87. The van der Waals surface area contributed by atoms with Crippen LogP contribution in [0.25, 0.3) is 0 Å². The van der Waals surface area contributed by atoms with Gasteiger partial charge in [-0.2, -0.15) is 0 Å². The molecule has 1 saturated carbocycles. The Hall–Kier alpha value is -2.08. The second kappa shape index (κ2) is 10.2. The summed E-state index contributed by atoms with van der Waals surface area (Å²) in [5.74, 6) is 0.928. The molecule has 1 aromatic carbocycles. The Morgan fingerprint density at radius 2 is 2.00 bits per heavy atom. The van der Waals surface area contributed by atoms with E-state index < -0.39 is 0 Å². The van der Waals surface area contributed by atoms with Crippen molar-refractivity contribution >= 4 is 11.8 Å². The highest BCUT2D eigenvalue weighted by Gasteiger charge is 2.27. The lowest BCUT2D eigenvalue weighted by molar-refractivity contribution is -0.125. The van der Waals surface area contributed by atoms with Crippen LogP contribution in [0.3, 0.4) is 0 Å². The Bertz CT molecular complexity index is 588. The van der Waals surface area contributed by atoms with Crippen molar-refractivity contribution < 1.29 is 14.3 Å². The Morgan fingerprint density at radius 1 is 1.27 bits per heavy atom. The molecule has 2 rings (SSSR count). The van der Waals surface area contributed by atoms with Gasteiger partial charge >= 0.3 is 0 Å². The predicted molar refractivity (Wildman–Crippen MR) is 102 cm³/mol. The van der Waals surface area contributed by atoms with E-state index in [1.54, 1.807) is 0 Å². The molecular weight excluding hydrogens is 330 g/mol. The second-order valence-corrected chi connectivity index (χ2v) is 6.96. The number of benzene rings is 1. The Balaban J connectivity index is 1.64. The van der Waals surface area contributed by atoms with Crippen molar-refractivity contribution in [3.05, 3.63) is 29.8 Å². The third-order valence-corrected chi connectivity index (χ3v) is 4.79. The minimum absolute atomic E-state index is 0.0106. The molecule has 0 aliphatic heterocycles. The fourth-order valence-electron chi connectivity index (χ4n) is 3.28. The van der Waals surface area contributed by atoms with Gasteiger partial charge in [0.1, 0.15) is 5.75 Å². The summed E-state index contributed by atoms with van der Waals surface area (Å²) in [6.07, 6.45) is 3.58. The predicted octanol–water partition coefficient (Wildman–Crippen LogP) is 2.29. The molecule has 3 atom stereocenters. The topological polar surface area (TPSA) is 93.5 Å². The fraction of sp³-hybridized carbons (Fsp3) is 0.600. The highest BCUT2D eigenvalue weighted by Crippen LogP contribution is 2.24. The van der Waals surface area contributed by atoms with Crippen LogP contribution in [0.15, 0.2) is 24.3 Å². The van der Waals surface area contributed by atoms with Gasteiger partial charge in [0.05, 0.1) is 12.6 Å². The van der Waals surface area contributed by atoms with Gasteiger partial charge in [-0.1, -0.05) is 12.1 Å². The minimum atomic E-state index is -0.0623. The summed E-state index contributed by atoms with van der Waals surface area (Å²) in [5, 5.41) is 5.90. The van der Waals surface area contributed by atoms with Crippen LogP contribution in [0.5, 0.6) is 5.75 Å². The lowest BCUT2D eigenvalue weighted by atomic mass is 10.1. The van der Waals surface area contributed by atoms with E-state index in [0.29, 0.717) is 26.0 Å². The number of nitrogens with one attached hydrogen (secondary N) is 2. The van der Waals surface area contributed by atoms with Gasteiger partial charge in [-0.3, -0.25) is 9.59 Å². The molecule has 1 aliphatic carbocycles. The smallest absolute Gasteiger partial charge is 0.223 e. The van der Waals surface area contributed by atoms with Crippen LogP contribution in [-0.4, -0.2) is 31.0 Å². The maximum atomic E-state index is 12.1. The molecule has 3 unspecified atom stereocenters. The fourth-order valence-corrected chi connectivity index (χ4v) is 3.28. The highest BCUT2D eigenvalue weighted by molar-refractivity contribution is 5.79. The molecule has 6 nitrogen and oxygen atoms in total. The zero-order valence-corrected chi connectivity index (χ0v) is 15.8. The SMILES string of the molecule is CCOc1ccc(C(C)NC(=O)CCCNC(=O)C2CCC(N)C2)cc1. The number of carbonyl (C=O) groups is 2. The zero-order valence-electron chi connectivity index (χ0n) is 15.8. The van der Waals surface area contributed by atoms with Crippen molar-refractivity contribution in [2.24, 2.45) is 11.7 Å². The van der Waals surface area contributed by atoms with Gasteiger partial charge in [0.2, 0.25) is 11.8 Å². The van der Waals surface area contributed by atoms with Gasteiger partial charge < -0.3 is 21.1 Å². The standard InChI is InChI=1S/C20H31N3O3/c1-3-26-18-10-7-15(8-11-18)14(2)23-19(24)5-4-12-22-20(25)16-6-9-17(21)13-16/h7-8,10-11,14,16-17H,3-6,9,12-13,21H2,1-2H3,(H,22,25)(H,23,24). The molecule has 0 radical (unpaired) electrons. The second-order valence-electron chi connectivity index (χ2n) is 6.96. The molecular formula is C20H31N3O3. The molecule has 2 amide bonds. The van der Waals surface area contributed by atoms with Gasteiger partial charge in [-0.25, -0.2) is 0 Å². The lowest BCUT2D eigenvalue weighted by Crippen LogP contribution is -2.32. The van der Waals surface area contributed by atoms with Gasteiger partial charge in [-0.05, 0) is 57.2 Å². The van der Waals surface area contributed by atoms with Crippen molar-refractivity contribution in [1.29, 1.82) is 0 Å². The van der Waals surface area contributed by atoms with E-state index in [9.17, 15) is 9.59 Å². The van der Waals surface area contributed by atoms with Crippen LogP contribution in [0, 0.1) is 5.92 Å². The zero-order chi connectivity index (χ0) is 18.9. The van der Waals surface area contributed by atoms with Crippen LogP contribution in [-0.2, 0) is 9.59 Å². The van der Waals surface area contributed by atoms with Crippen LogP contribution in [0.1, 0.15) is 57.6 Å². The van der Waals surface area contributed by atoms with E-state index >= 15 is 0 Å². The van der Waals surface area contributed by atoms with E-state index in [-0.39, 0.29) is 29.8 Å². The van der Waals surface area contributed by atoms with E-state index in [2.05, 4.69) is 10.6 Å². The Labute approximate surface area is 155 Å². The Kier molecular flexibility index (Phi) is 7.91. The number of amides is 2. The van der Waals surface area contributed by atoms with Gasteiger partial charge in [0.15, 0.2) is 0 Å². The van der Waals surface area contributed by atoms with Crippen molar-refractivity contribution in [2.45, 2.75) is 58.0 Å². The largest absolute Gasteiger partial charge is 0.494 e. The average molecular weight is 361 g/mol. The first kappa shape index (κ1) is 20.2. The number of ether oxygens (including phenoxy) is 1. The molecule has 4 N–H and O–H groups in total. The van der Waals surface area contributed by atoms with Crippen molar-refractivity contribution in [3.63, 3.8) is 0 Å². The van der Waals surface area contributed by atoms with E-state index in [4.69, 9.17) is 10.5 Å². The average Bonchev–Trinajstić information content (AvgIpc) is 3.06. The monoisotopic (exact) mass is 361 g/mol. The van der Waals surface area contributed by atoms with Crippen LogP contribution in [0.4, 0.5) is 0 Å². The molecule has 26 heavy (non-hydrogen) atoms. The molecule has 6 heteroatoms. The first-order valence-corrected chi connectivity index (χ1v) is 9.55. The van der Waals surface area contributed by atoms with Crippen LogP contribution >= 0.6 is 0 Å². The van der Waals surface area contributed by atoms with Crippen LogP contribution in [0.2, 0.25) is 0 Å². The number of hydrogen-bond acceptors (Lipinski definition) is 4. The first-order valence-electron chi connectivity index (χ1n) is 9.55. The molecule has 1 fully saturated rings.